The molecule has 0 bridgehead atoms. The van der Waals surface area contributed by atoms with Gasteiger partial charge in [0.2, 0.25) is 11.8 Å². The van der Waals surface area contributed by atoms with Crippen molar-refractivity contribution in [2.75, 3.05) is 19.7 Å². The van der Waals surface area contributed by atoms with Crippen LogP contribution >= 0.6 is 0 Å². The molecule has 7 heteroatoms. The minimum absolute atomic E-state index is 0.0314. The van der Waals surface area contributed by atoms with Crippen molar-refractivity contribution < 1.29 is 19.1 Å². The summed E-state index contributed by atoms with van der Waals surface area (Å²) in [5, 5.41) is 2.94. The zero-order chi connectivity index (χ0) is 20.8. The third-order valence-corrected chi connectivity index (χ3v) is 5.24. The van der Waals surface area contributed by atoms with E-state index in [1.54, 1.807) is 11.8 Å². The molecule has 28 heavy (non-hydrogen) atoms. The quantitative estimate of drug-likeness (QED) is 0.699. The maximum atomic E-state index is 12.7. The van der Waals surface area contributed by atoms with Crippen LogP contribution < -0.4 is 5.32 Å². The summed E-state index contributed by atoms with van der Waals surface area (Å²) in [7, 11) is 0. The third-order valence-electron chi connectivity index (χ3n) is 5.24. The first-order valence-corrected chi connectivity index (χ1v) is 10.2. The molecule has 2 rings (SSSR count). The van der Waals surface area contributed by atoms with Crippen molar-refractivity contribution in [1.82, 2.24) is 15.2 Å². The fourth-order valence-electron chi connectivity index (χ4n) is 3.78. The number of H-pyrrole nitrogens is 1. The van der Waals surface area contributed by atoms with Gasteiger partial charge in [0, 0.05) is 31.2 Å². The number of carbonyl (C=O) groups is 3. The average Bonchev–Trinajstić information content (AvgIpc) is 2.93. The molecule has 7 nitrogen and oxygen atoms in total. The maximum Gasteiger partial charge on any atom is 0.355 e. The van der Waals surface area contributed by atoms with Gasteiger partial charge in [0.05, 0.1) is 12.5 Å². The van der Waals surface area contributed by atoms with Gasteiger partial charge in [-0.15, -0.1) is 0 Å². The minimum Gasteiger partial charge on any atom is -0.461 e. The molecule has 0 radical (unpaired) electrons. The molecule has 2 N–H and O–H groups in total. The molecule has 0 spiro atoms. The number of ether oxygens (including phenoxy) is 1. The minimum atomic E-state index is -0.365. The van der Waals surface area contributed by atoms with E-state index in [9.17, 15) is 14.4 Å². The molecule has 1 saturated heterocycles. The molecule has 0 saturated carbocycles. The summed E-state index contributed by atoms with van der Waals surface area (Å²) >= 11 is 0. The molecule has 1 fully saturated rings. The molecule has 0 aromatic carbocycles. The SMILES string of the molecule is CCOC(=O)c1[nH]c(C)c(CCC(=O)N2CCC[C@H](C(=O)NC(C)C)C2)c1C. The Kier molecular flexibility index (Phi) is 7.66. The molecule has 1 aliphatic rings. The van der Waals surface area contributed by atoms with Crippen LogP contribution in [-0.4, -0.2) is 53.4 Å². The molecule has 0 aliphatic carbocycles. The first-order valence-electron chi connectivity index (χ1n) is 10.2. The van der Waals surface area contributed by atoms with E-state index in [-0.39, 0.29) is 29.7 Å². The average molecular weight is 392 g/mol. The molecule has 156 valence electrons. The van der Waals surface area contributed by atoms with Crippen molar-refractivity contribution in [3.63, 3.8) is 0 Å². The second-order valence-electron chi connectivity index (χ2n) is 7.79. The van der Waals surface area contributed by atoms with Crippen molar-refractivity contribution in [2.24, 2.45) is 5.92 Å². The Balaban J connectivity index is 1.97. The fraction of sp³-hybridized carbons (Fsp3) is 0.667. The summed E-state index contributed by atoms with van der Waals surface area (Å²) in [6.45, 7) is 10.9. The summed E-state index contributed by atoms with van der Waals surface area (Å²) in [5.74, 6) is -0.411. The molecule has 1 aromatic rings. The molecule has 2 amide bonds. The van der Waals surface area contributed by atoms with Crippen molar-refractivity contribution >= 4 is 17.8 Å². The number of esters is 1. The number of nitrogens with one attached hydrogen (secondary N) is 2. The van der Waals surface area contributed by atoms with Gasteiger partial charge in [-0.05, 0) is 65.0 Å². The first kappa shape index (κ1) is 22.0. The lowest BCUT2D eigenvalue weighted by atomic mass is 9.96. The van der Waals surface area contributed by atoms with Crippen molar-refractivity contribution in [1.29, 1.82) is 0 Å². The van der Waals surface area contributed by atoms with Gasteiger partial charge in [0.15, 0.2) is 0 Å². The number of aryl methyl sites for hydroxylation is 1. The van der Waals surface area contributed by atoms with Crippen LogP contribution in [0.25, 0.3) is 0 Å². The Morgan fingerprint density at radius 1 is 1.29 bits per heavy atom. The summed E-state index contributed by atoms with van der Waals surface area (Å²) < 4.78 is 5.08. The van der Waals surface area contributed by atoms with Crippen molar-refractivity contribution in [3.05, 3.63) is 22.5 Å². The molecule has 1 aliphatic heterocycles. The standard InChI is InChI=1S/C21H33N3O4/c1-6-28-21(27)19-14(4)17(15(5)23-19)9-10-18(25)24-11-7-8-16(12-24)20(26)22-13(2)3/h13,16,23H,6-12H2,1-5H3,(H,22,26)/t16-/m0/s1. The van der Waals surface area contributed by atoms with E-state index in [0.29, 0.717) is 38.2 Å². The van der Waals surface area contributed by atoms with Crippen LogP contribution in [0.1, 0.15) is 67.3 Å². The number of likely N-dealkylation sites (tertiary alicyclic amines) is 1. The lowest BCUT2D eigenvalue weighted by Crippen LogP contribution is -2.46. The van der Waals surface area contributed by atoms with Crippen LogP contribution in [0.3, 0.4) is 0 Å². The molecule has 1 atom stereocenters. The van der Waals surface area contributed by atoms with E-state index < -0.39 is 0 Å². The monoisotopic (exact) mass is 391 g/mol. The third kappa shape index (κ3) is 5.36. The van der Waals surface area contributed by atoms with Crippen LogP contribution in [0.4, 0.5) is 0 Å². The van der Waals surface area contributed by atoms with Gasteiger partial charge in [-0.25, -0.2) is 4.79 Å². The predicted molar refractivity (Wildman–Crippen MR) is 107 cm³/mol. The van der Waals surface area contributed by atoms with Crippen molar-refractivity contribution in [3.8, 4) is 0 Å². The number of carbonyl (C=O) groups excluding carboxylic acids is 3. The normalized spacial score (nSPS) is 16.9. The number of piperidine rings is 1. The van der Waals surface area contributed by atoms with E-state index in [4.69, 9.17) is 4.74 Å². The Morgan fingerprint density at radius 3 is 2.64 bits per heavy atom. The topological polar surface area (TPSA) is 91.5 Å². The second-order valence-corrected chi connectivity index (χ2v) is 7.79. The molecular weight excluding hydrogens is 358 g/mol. The van der Waals surface area contributed by atoms with Crippen LogP contribution in [0, 0.1) is 19.8 Å². The predicted octanol–water partition coefficient (Wildman–Crippen LogP) is 2.50. The molecule has 2 heterocycles. The van der Waals surface area contributed by atoms with Crippen LogP contribution in [-0.2, 0) is 20.7 Å². The van der Waals surface area contributed by atoms with Gasteiger partial charge in [-0.3, -0.25) is 9.59 Å². The fourth-order valence-corrected chi connectivity index (χ4v) is 3.78. The summed E-state index contributed by atoms with van der Waals surface area (Å²) in [4.78, 5) is 41.9. The maximum absolute atomic E-state index is 12.7. The van der Waals surface area contributed by atoms with E-state index in [0.717, 1.165) is 29.7 Å². The van der Waals surface area contributed by atoms with Gasteiger partial charge < -0.3 is 19.9 Å². The smallest absolute Gasteiger partial charge is 0.355 e. The van der Waals surface area contributed by atoms with Crippen molar-refractivity contribution in [2.45, 2.75) is 66.3 Å². The van der Waals surface area contributed by atoms with Crippen LogP contribution in [0.2, 0.25) is 0 Å². The first-order chi connectivity index (χ1) is 13.2. The lowest BCUT2D eigenvalue weighted by molar-refractivity contribution is -0.135. The van der Waals surface area contributed by atoms with Crippen LogP contribution in [0.15, 0.2) is 0 Å². The number of nitrogens with zero attached hydrogens (tertiary/aromatic N) is 1. The number of aromatic nitrogens is 1. The van der Waals surface area contributed by atoms with Gasteiger partial charge in [-0.1, -0.05) is 0 Å². The Hall–Kier alpha value is -2.31. The largest absolute Gasteiger partial charge is 0.461 e. The highest BCUT2D eigenvalue weighted by Crippen LogP contribution is 2.22. The Morgan fingerprint density at radius 2 is 2.00 bits per heavy atom. The van der Waals surface area contributed by atoms with Crippen LogP contribution in [0.5, 0.6) is 0 Å². The highest BCUT2D eigenvalue weighted by Gasteiger charge is 2.28. The zero-order valence-corrected chi connectivity index (χ0v) is 17.7. The highest BCUT2D eigenvalue weighted by molar-refractivity contribution is 5.90. The Bertz CT molecular complexity index is 723. The number of rotatable bonds is 7. The summed E-state index contributed by atoms with van der Waals surface area (Å²) in [6.07, 6.45) is 2.59. The van der Waals surface area contributed by atoms with E-state index >= 15 is 0 Å². The van der Waals surface area contributed by atoms with Gasteiger partial charge in [-0.2, -0.15) is 0 Å². The molecular formula is C21H33N3O4. The number of hydrogen-bond acceptors (Lipinski definition) is 4. The number of aromatic amines is 1. The van der Waals surface area contributed by atoms with E-state index in [2.05, 4.69) is 10.3 Å². The molecule has 1 aromatic heterocycles. The highest BCUT2D eigenvalue weighted by atomic mass is 16.5. The van der Waals surface area contributed by atoms with Gasteiger partial charge >= 0.3 is 5.97 Å². The molecule has 0 unspecified atom stereocenters. The van der Waals surface area contributed by atoms with E-state index in [1.807, 2.05) is 27.7 Å². The zero-order valence-electron chi connectivity index (χ0n) is 17.7. The summed E-state index contributed by atoms with van der Waals surface area (Å²) in [6, 6.07) is 0.103. The summed E-state index contributed by atoms with van der Waals surface area (Å²) in [5.41, 5.74) is 3.19. The van der Waals surface area contributed by atoms with E-state index in [1.165, 1.54) is 0 Å². The lowest BCUT2D eigenvalue weighted by Gasteiger charge is -2.32. The van der Waals surface area contributed by atoms with Gasteiger partial charge in [0.25, 0.3) is 0 Å². The second kappa shape index (κ2) is 9.75. The Labute approximate surface area is 167 Å². The van der Waals surface area contributed by atoms with Gasteiger partial charge in [0.1, 0.15) is 5.69 Å². The number of hydrogen-bond donors (Lipinski definition) is 2. The number of amides is 2.